The molecule has 1 aromatic heterocycles. The number of carbonyl (C=O) groups is 1. The number of carbonyl (C=O) groups excluding carboxylic acids is 1. The first-order chi connectivity index (χ1) is 16.3. The summed E-state index contributed by atoms with van der Waals surface area (Å²) in [5, 5.41) is 11.4. The van der Waals surface area contributed by atoms with E-state index >= 15 is 0 Å². The molecule has 0 radical (unpaired) electrons. The van der Waals surface area contributed by atoms with Crippen LogP contribution in [0.25, 0.3) is 16.6 Å². The molecule has 0 atom stereocenters. The standard InChI is InChI=1S/C23H15F2N3O5S/c24-22(25)33-17-11-9-15(10-12-17)27-21(30)18-3-1-2-4-19(18)26-23(27)34-13-20(29)14-5-7-16(8-6-14)28(31)32/h1-12,22H,13H2. The van der Waals surface area contributed by atoms with Crippen LogP contribution in [0.4, 0.5) is 14.5 Å². The Morgan fingerprint density at radius 2 is 1.74 bits per heavy atom. The smallest absolute Gasteiger partial charge is 0.387 e. The van der Waals surface area contributed by atoms with Gasteiger partial charge in [0.2, 0.25) is 0 Å². The van der Waals surface area contributed by atoms with Gasteiger partial charge in [0.05, 0.1) is 27.3 Å². The van der Waals surface area contributed by atoms with Gasteiger partial charge in [-0.2, -0.15) is 8.78 Å². The Balaban J connectivity index is 1.68. The van der Waals surface area contributed by atoms with Crippen LogP contribution in [0.15, 0.2) is 82.7 Å². The number of nitro benzene ring substituents is 1. The predicted molar refractivity (Wildman–Crippen MR) is 122 cm³/mol. The van der Waals surface area contributed by atoms with E-state index in [0.717, 1.165) is 11.8 Å². The number of ether oxygens (including phenoxy) is 1. The molecule has 0 aliphatic carbocycles. The van der Waals surface area contributed by atoms with Crippen molar-refractivity contribution in [2.45, 2.75) is 11.8 Å². The van der Waals surface area contributed by atoms with Crippen LogP contribution in [0.1, 0.15) is 10.4 Å². The second-order valence-corrected chi connectivity index (χ2v) is 7.88. The van der Waals surface area contributed by atoms with E-state index in [4.69, 9.17) is 0 Å². The molecule has 0 saturated heterocycles. The summed E-state index contributed by atoms with van der Waals surface area (Å²) in [7, 11) is 0. The lowest BCUT2D eigenvalue weighted by atomic mass is 10.1. The zero-order valence-electron chi connectivity index (χ0n) is 17.3. The Morgan fingerprint density at radius 3 is 2.38 bits per heavy atom. The van der Waals surface area contributed by atoms with Crippen LogP contribution in [0.3, 0.4) is 0 Å². The Kier molecular flexibility index (Phi) is 6.64. The Hall–Kier alpha value is -4.12. The number of Topliss-reactive ketones (excluding diaryl/α,β-unsaturated/α-hetero) is 1. The second-order valence-electron chi connectivity index (χ2n) is 6.94. The fourth-order valence-corrected chi connectivity index (χ4v) is 4.10. The number of fused-ring (bicyclic) bond motifs is 1. The first-order valence-corrected chi connectivity index (χ1v) is 10.8. The molecule has 11 heteroatoms. The van der Waals surface area contributed by atoms with E-state index in [2.05, 4.69) is 9.72 Å². The van der Waals surface area contributed by atoms with E-state index in [9.17, 15) is 28.5 Å². The number of non-ortho nitro benzene ring substituents is 1. The van der Waals surface area contributed by atoms with Crippen LogP contribution in [0.2, 0.25) is 0 Å². The van der Waals surface area contributed by atoms with Gasteiger partial charge in [0.1, 0.15) is 5.75 Å². The zero-order chi connectivity index (χ0) is 24.2. The van der Waals surface area contributed by atoms with Crippen LogP contribution >= 0.6 is 11.8 Å². The number of nitro groups is 1. The molecule has 0 unspecified atom stereocenters. The van der Waals surface area contributed by atoms with Crippen molar-refractivity contribution in [1.82, 2.24) is 9.55 Å². The van der Waals surface area contributed by atoms with Gasteiger partial charge < -0.3 is 4.74 Å². The molecule has 0 aliphatic rings. The minimum absolute atomic E-state index is 0.0666. The molecule has 0 spiro atoms. The highest BCUT2D eigenvalue weighted by molar-refractivity contribution is 7.99. The summed E-state index contributed by atoms with van der Waals surface area (Å²) in [6.45, 7) is -2.98. The van der Waals surface area contributed by atoms with Crippen LogP contribution in [-0.4, -0.2) is 32.6 Å². The number of alkyl halides is 2. The number of para-hydroxylation sites is 1. The minimum atomic E-state index is -2.98. The first kappa shape index (κ1) is 23.1. The van der Waals surface area contributed by atoms with Crippen molar-refractivity contribution in [3.63, 3.8) is 0 Å². The SMILES string of the molecule is O=C(CSc1nc2ccccc2c(=O)n1-c1ccc(OC(F)F)cc1)c1ccc([N+](=O)[O-])cc1. The van der Waals surface area contributed by atoms with Gasteiger partial charge in [-0.15, -0.1) is 0 Å². The van der Waals surface area contributed by atoms with Crippen molar-refractivity contribution in [1.29, 1.82) is 0 Å². The number of ketones is 1. The van der Waals surface area contributed by atoms with Gasteiger partial charge >= 0.3 is 6.61 Å². The highest BCUT2D eigenvalue weighted by atomic mass is 32.2. The lowest BCUT2D eigenvalue weighted by Crippen LogP contribution is -2.22. The van der Waals surface area contributed by atoms with Crippen molar-refractivity contribution >= 4 is 34.1 Å². The predicted octanol–water partition coefficient (Wildman–Crippen LogP) is 4.87. The molecule has 34 heavy (non-hydrogen) atoms. The quantitative estimate of drug-likeness (QED) is 0.116. The number of halogens is 2. The molecule has 0 fully saturated rings. The van der Waals surface area contributed by atoms with Crippen molar-refractivity contribution in [2.24, 2.45) is 0 Å². The molecule has 4 rings (SSSR count). The largest absolute Gasteiger partial charge is 0.435 e. The topological polar surface area (TPSA) is 104 Å². The highest BCUT2D eigenvalue weighted by Crippen LogP contribution is 2.24. The molecule has 4 aromatic rings. The van der Waals surface area contributed by atoms with Crippen LogP contribution in [-0.2, 0) is 0 Å². The van der Waals surface area contributed by atoms with Crippen LogP contribution < -0.4 is 10.3 Å². The maximum Gasteiger partial charge on any atom is 0.387 e. The molecular formula is C23H15F2N3O5S. The van der Waals surface area contributed by atoms with Crippen molar-refractivity contribution in [2.75, 3.05) is 5.75 Å². The number of rotatable bonds is 8. The first-order valence-electron chi connectivity index (χ1n) is 9.81. The van der Waals surface area contributed by atoms with Crippen molar-refractivity contribution in [3.05, 3.63) is 98.8 Å². The van der Waals surface area contributed by atoms with E-state index in [1.165, 1.54) is 53.1 Å². The minimum Gasteiger partial charge on any atom is -0.435 e. The Labute approximate surface area is 195 Å². The van der Waals surface area contributed by atoms with Gasteiger partial charge in [-0.3, -0.25) is 24.3 Å². The number of hydrogen-bond donors (Lipinski definition) is 0. The van der Waals surface area contributed by atoms with E-state index in [0.29, 0.717) is 16.6 Å². The summed E-state index contributed by atoms with van der Waals surface area (Å²) >= 11 is 1.02. The van der Waals surface area contributed by atoms with Gasteiger partial charge in [-0.1, -0.05) is 23.9 Å². The molecule has 0 saturated carbocycles. The molecule has 0 N–H and O–H groups in total. The summed E-state index contributed by atoms with van der Waals surface area (Å²) in [6.07, 6.45) is 0. The third-order valence-corrected chi connectivity index (χ3v) is 5.74. The third kappa shape index (κ3) is 4.94. The summed E-state index contributed by atoms with van der Waals surface area (Å²) in [5.74, 6) is -0.465. The van der Waals surface area contributed by atoms with Gasteiger partial charge in [-0.25, -0.2) is 4.98 Å². The number of hydrogen-bond acceptors (Lipinski definition) is 7. The van der Waals surface area contributed by atoms with Crippen LogP contribution in [0.5, 0.6) is 5.75 Å². The fraction of sp³-hybridized carbons (Fsp3) is 0.0870. The fourth-order valence-electron chi connectivity index (χ4n) is 3.20. The van der Waals surface area contributed by atoms with Gasteiger partial charge in [0.25, 0.3) is 11.2 Å². The number of benzene rings is 3. The average molecular weight is 483 g/mol. The van der Waals surface area contributed by atoms with Crippen LogP contribution in [0, 0.1) is 10.1 Å². The summed E-state index contributed by atoms with van der Waals surface area (Å²) in [4.78, 5) is 40.7. The molecule has 172 valence electrons. The number of aromatic nitrogens is 2. The van der Waals surface area contributed by atoms with Crippen molar-refractivity contribution < 1.29 is 23.2 Å². The molecule has 3 aromatic carbocycles. The van der Waals surface area contributed by atoms with E-state index in [1.807, 2.05) is 0 Å². The average Bonchev–Trinajstić information content (AvgIpc) is 2.83. The molecule has 0 amide bonds. The molecule has 0 aliphatic heterocycles. The third-order valence-electron chi connectivity index (χ3n) is 4.80. The highest BCUT2D eigenvalue weighted by Gasteiger charge is 2.16. The van der Waals surface area contributed by atoms with Gasteiger partial charge in [0, 0.05) is 17.7 Å². The molecular weight excluding hydrogens is 468 g/mol. The molecule has 8 nitrogen and oxygen atoms in total. The van der Waals surface area contributed by atoms with E-state index < -0.39 is 17.1 Å². The summed E-state index contributed by atoms with van der Waals surface area (Å²) in [6, 6.07) is 17.4. The summed E-state index contributed by atoms with van der Waals surface area (Å²) in [5.41, 5.74) is 0.551. The zero-order valence-corrected chi connectivity index (χ0v) is 18.1. The monoisotopic (exact) mass is 483 g/mol. The second kappa shape index (κ2) is 9.79. The Morgan fingerprint density at radius 1 is 1.06 bits per heavy atom. The van der Waals surface area contributed by atoms with E-state index in [-0.39, 0.29) is 33.7 Å². The maximum atomic E-state index is 13.2. The number of nitrogens with zero attached hydrogens (tertiary/aromatic N) is 3. The van der Waals surface area contributed by atoms with E-state index in [1.54, 1.807) is 24.3 Å². The maximum absolute atomic E-state index is 13.2. The number of thioether (sulfide) groups is 1. The lowest BCUT2D eigenvalue weighted by Gasteiger charge is -2.14. The van der Waals surface area contributed by atoms with Gasteiger partial charge in [-0.05, 0) is 48.5 Å². The van der Waals surface area contributed by atoms with Crippen molar-refractivity contribution in [3.8, 4) is 11.4 Å². The molecule has 1 heterocycles. The summed E-state index contributed by atoms with van der Waals surface area (Å²) < 4.78 is 30.6. The lowest BCUT2D eigenvalue weighted by molar-refractivity contribution is -0.384. The molecule has 0 bridgehead atoms. The van der Waals surface area contributed by atoms with Gasteiger partial charge in [0.15, 0.2) is 10.9 Å². The Bertz CT molecular complexity index is 1420. The normalized spacial score (nSPS) is 11.0.